The first-order chi connectivity index (χ1) is 4.00. The van der Waals surface area contributed by atoms with Crippen molar-refractivity contribution in [1.82, 2.24) is 0 Å². The van der Waals surface area contributed by atoms with Gasteiger partial charge in [-0.1, -0.05) is 48.5 Å². The van der Waals surface area contributed by atoms with Crippen LogP contribution in [-0.4, -0.2) is 0 Å². The molecular weight excluding hydrogens is 120 g/mol. The lowest BCUT2D eigenvalue weighted by molar-refractivity contribution is 0.227. The highest BCUT2D eigenvalue weighted by molar-refractivity contribution is 4.70. The lowest BCUT2D eigenvalue weighted by Gasteiger charge is -2.28. The summed E-state index contributed by atoms with van der Waals surface area (Å²) >= 11 is 0. The Bertz CT molecular complexity index is 70.1. The Balaban J connectivity index is 0. The third-order valence-electron chi connectivity index (χ3n) is 2.46. The van der Waals surface area contributed by atoms with Crippen LogP contribution < -0.4 is 0 Å². The van der Waals surface area contributed by atoms with Crippen molar-refractivity contribution in [3.8, 4) is 0 Å². The van der Waals surface area contributed by atoms with Crippen LogP contribution in [0.2, 0.25) is 0 Å². The van der Waals surface area contributed by atoms with E-state index in [1.807, 2.05) is 0 Å². The van der Waals surface area contributed by atoms with Gasteiger partial charge in [-0.15, -0.1) is 0 Å². The van der Waals surface area contributed by atoms with Crippen molar-refractivity contribution < 1.29 is 0 Å². The van der Waals surface area contributed by atoms with Gasteiger partial charge in [0.05, 0.1) is 0 Å². The molecule has 0 fully saturated rings. The van der Waals surface area contributed by atoms with Gasteiger partial charge in [-0.25, -0.2) is 0 Å². The minimum absolute atomic E-state index is 0. The highest BCUT2D eigenvalue weighted by Crippen LogP contribution is 2.30. The molecule has 0 saturated heterocycles. The third-order valence-corrected chi connectivity index (χ3v) is 2.46. The summed E-state index contributed by atoms with van der Waals surface area (Å²) in [7, 11) is 0. The Hall–Kier alpha value is 0. The van der Waals surface area contributed by atoms with E-state index in [9.17, 15) is 0 Å². The highest BCUT2D eigenvalue weighted by Gasteiger charge is 2.20. The average Bonchev–Trinajstić information content (AvgIpc) is 1.65. The maximum absolute atomic E-state index is 2.35. The van der Waals surface area contributed by atoms with E-state index in [1.165, 1.54) is 12.8 Å². The molecule has 0 rings (SSSR count). The molecule has 0 aliphatic heterocycles. The normalized spacial score (nSPS) is 11.4. The van der Waals surface area contributed by atoms with E-state index in [1.54, 1.807) is 0 Å². The summed E-state index contributed by atoms with van der Waals surface area (Å²) in [5.41, 5.74) is 0.550. The molecule has 0 heteroatoms. The molecule has 0 bridgehead atoms. The van der Waals surface area contributed by atoms with E-state index < -0.39 is 0 Å². The van der Waals surface area contributed by atoms with Gasteiger partial charge in [0.2, 0.25) is 0 Å². The summed E-state index contributed by atoms with van der Waals surface area (Å²) in [5.74, 6) is 0.817. The van der Waals surface area contributed by atoms with Crippen LogP contribution in [0.25, 0.3) is 0 Å². The van der Waals surface area contributed by atoms with Gasteiger partial charge in [0.25, 0.3) is 0 Å². The molecule has 0 aromatic heterocycles. The van der Waals surface area contributed by atoms with Crippen LogP contribution >= 0.6 is 0 Å². The van der Waals surface area contributed by atoms with Crippen LogP contribution in [-0.2, 0) is 0 Å². The van der Waals surface area contributed by atoms with Crippen molar-refractivity contribution in [2.75, 3.05) is 0 Å². The minimum atomic E-state index is 0. The summed E-state index contributed by atoms with van der Waals surface area (Å²) in [5, 5.41) is 0. The highest BCUT2D eigenvalue weighted by atomic mass is 14.3. The maximum Gasteiger partial charge on any atom is -0.0331 e. The number of hydrogen-bond acceptors (Lipinski definition) is 0. The van der Waals surface area contributed by atoms with Crippen LogP contribution in [0.4, 0.5) is 0 Å². The van der Waals surface area contributed by atoms with E-state index in [0.29, 0.717) is 5.41 Å². The fourth-order valence-corrected chi connectivity index (χ4v) is 0.933. The van der Waals surface area contributed by atoms with Crippen LogP contribution in [0, 0.1) is 11.3 Å². The Morgan fingerprint density at radius 2 is 1.60 bits per heavy atom. The SMILES string of the molecule is C.CCCC(C)(C)C(C)C. The molecular formula is C10H24. The largest absolute Gasteiger partial charge is 0.0776 e. The zero-order valence-corrected chi connectivity index (χ0v) is 7.49. The quantitative estimate of drug-likeness (QED) is 0.559. The zero-order chi connectivity index (χ0) is 7.49. The second kappa shape index (κ2) is 4.76. The predicted molar refractivity (Wildman–Crippen MR) is 50.3 cm³/mol. The molecule has 0 spiro atoms. The smallest absolute Gasteiger partial charge is 0.0331 e. The second-order valence-corrected chi connectivity index (χ2v) is 3.89. The topological polar surface area (TPSA) is 0 Å². The van der Waals surface area contributed by atoms with Crippen molar-refractivity contribution in [3.05, 3.63) is 0 Å². The molecule has 0 atom stereocenters. The van der Waals surface area contributed by atoms with Crippen molar-refractivity contribution in [1.29, 1.82) is 0 Å². The third kappa shape index (κ3) is 3.92. The van der Waals surface area contributed by atoms with Gasteiger partial charge < -0.3 is 0 Å². The van der Waals surface area contributed by atoms with Gasteiger partial charge in [0, 0.05) is 0 Å². The molecule has 0 heterocycles. The molecule has 0 nitrogen and oxygen atoms in total. The van der Waals surface area contributed by atoms with Crippen molar-refractivity contribution in [2.24, 2.45) is 11.3 Å². The van der Waals surface area contributed by atoms with Crippen LogP contribution in [0.1, 0.15) is 54.9 Å². The average molecular weight is 144 g/mol. The van der Waals surface area contributed by atoms with E-state index in [2.05, 4.69) is 34.6 Å². The summed E-state index contributed by atoms with van der Waals surface area (Å²) in [6, 6.07) is 0. The molecule has 0 unspecified atom stereocenters. The molecule has 64 valence electrons. The minimum Gasteiger partial charge on any atom is -0.0776 e. The summed E-state index contributed by atoms with van der Waals surface area (Å²) in [6.07, 6.45) is 2.66. The van der Waals surface area contributed by atoms with E-state index in [-0.39, 0.29) is 7.43 Å². The molecule has 0 aliphatic rings. The van der Waals surface area contributed by atoms with Crippen LogP contribution in [0.15, 0.2) is 0 Å². The van der Waals surface area contributed by atoms with Gasteiger partial charge in [-0.3, -0.25) is 0 Å². The van der Waals surface area contributed by atoms with E-state index >= 15 is 0 Å². The molecule has 0 aromatic carbocycles. The van der Waals surface area contributed by atoms with Gasteiger partial charge in [0.15, 0.2) is 0 Å². The van der Waals surface area contributed by atoms with Gasteiger partial charge >= 0.3 is 0 Å². The van der Waals surface area contributed by atoms with E-state index in [0.717, 1.165) is 5.92 Å². The summed E-state index contributed by atoms with van der Waals surface area (Å²) in [6.45, 7) is 11.6. The standard InChI is InChI=1S/C9H20.CH4/c1-6-7-9(4,5)8(2)3;/h8H,6-7H2,1-5H3;1H4. The summed E-state index contributed by atoms with van der Waals surface area (Å²) in [4.78, 5) is 0. The Kier molecular flexibility index (Phi) is 6.02. The molecule has 10 heavy (non-hydrogen) atoms. The Morgan fingerprint density at radius 3 is 1.70 bits per heavy atom. The van der Waals surface area contributed by atoms with Gasteiger partial charge in [-0.2, -0.15) is 0 Å². The first-order valence-electron chi connectivity index (χ1n) is 4.00. The van der Waals surface area contributed by atoms with Crippen molar-refractivity contribution >= 4 is 0 Å². The monoisotopic (exact) mass is 144 g/mol. The maximum atomic E-state index is 2.35. The van der Waals surface area contributed by atoms with Gasteiger partial charge in [-0.05, 0) is 17.8 Å². The lowest BCUT2D eigenvalue weighted by Crippen LogP contribution is -2.18. The Labute approximate surface area is 67.0 Å². The van der Waals surface area contributed by atoms with Crippen molar-refractivity contribution in [3.63, 3.8) is 0 Å². The van der Waals surface area contributed by atoms with Crippen molar-refractivity contribution in [2.45, 2.75) is 54.9 Å². The fourth-order valence-electron chi connectivity index (χ4n) is 0.933. The number of hydrogen-bond donors (Lipinski definition) is 0. The van der Waals surface area contributed by atoms with Crippen LogP contribution in [0.3, 0.4) is 0 Å². The first kappa shape index (κ1) is 12.7. The molecule has 0 N–H and O–H groups in total. The lowest BCUT2D eigenvalue weighted by atomic mass is 9.78. The predicted octanol–water partition coefficient (Wildman–Crippen LogP) is 4.10. The molecule has 0 amide bonds. The zero-order valence-electron chi connectivity index (χ0n) is 7.49. The first-order valence-corrected chi connectivity index (χ1v) is 4.00. The second-order valence-electron chi connectivity index (χ2n) is 3.89. The van der Waals surface area contributed by atoms with Gasteiger partial charge in [0.1, 0.15) is 0 Å². The summed E-state index contributed by atoms with van der Waals surface area (Å²) < 4.78 is 0. The number of rotatable bonds is 3. The molecule has 0 aliphatic carbocycles. The molecule has 0 aromatic rings. The Morgan fingerprint density at radius 1 is 1.20 bits per heavy atom. The van der Waals surface area contributed by atoms with Crippen LogP contribution in [0.5, 0.6) is 0 Å². The molecule has 0 saturated carbocycles. The fraction of sp³-hybridized carbons (Fsp3) is 1.00. The molecule has 0 radical (unpaired) electrons. The van der Waals surface area contributed by atoms with E-state index in [4.69, 9.17) is 0 Å².